The molecule has 1 aromatic rings. The molecular weight excluding hydrogens is 250 g/mol. The molecule has 0 radical (unpaired) electrons. The molecule has 1 heterocycles. The molecule has 0 saturated carbocycles. The summed E-state index contributed by atoms with van der Waals surface area (Å²) in [4.78, 5) is 4.56. The first kappa shape index (κ1) is 14.7. The molecule has 0 aliphatic carbocycles. The smallest absolute Gasteiger partial charge is 0.119 e. The first-order valence-corrected chi connectivity index (χ1v) is 7.15. The predicted octanol–water partition coefficient (Wildman–Crippen LogP) is 2.84. The maximum absolute atomic E-state index is 8.25. The lowest BCUT2D eigenvalue weighted by Gasteiger charge is -2.40. The second-order valence-corrected chi connectivity index (χ2v) is 6.27. The number of hydrogen-bond donors (Lipinski definition) is 1. The number of piperazine rings is 1. The molecule has 0 unspecified atom stereocenters. The molecule has 0 bridgehead atoms. The highest BCUT2D eigenvalue weighted by Gasteiger charge is 2.26. The van der Waals surface area contributed by atoms with Crippen LogP contribution >= 0.6 is 0 Å². The van der Waals surface area contributed by atoms with E-state index in [1.165, 1.54) is 5.69 Å². The van der Waals surface area contributed by atoms with E-state index in [0.717, 1.165) is 37.8 Å². The summed E-state index contributed by atoms with van der Waals surface area (Å²) in [5, 5.41) is 8.25. The minimum Gasteiger partial charge on any atom is -0.497 e. The fraction of sp³-hybridized carbons (Fsp3) is 0.562. The lowest BCUT2D eigenvalue weighted by molar-refractivity contribution is 0.343. The number of hydrogen-bond acceptors (Lipinski definition) is 3. The van der Waals surface area contributed by atoms with Crippen LogP contribution in [0.4, 0.5) is 5.69 Å². The van der Waals surface area contributed by atoms with Crippen molar-refractivity contribution in [1.29, 1.82) is 5.41 Å². The van der Waals surface area contributed by atoms with Crippen molar-refractivity contribution in [3.05, 3.63) is 24.3 Å². The molecule has 1 aromatic carbocycles. The zero-order valence-electron chi connectivity index (χ0n) is 12.9. The van der Waals surface area contributed by atoms with Crippen LogP contribution in [-0.4, -0.2) is 44.0 Å². The highest BCUT2D eigenvalue weighted by atomic mass is 16.5. The van der Waals surface area contributed by atoms with Gasteiger partial charge in [0.15, 0.2) is 0 Å². The number of ether oxygens (including phenoxy) is 1. The zero-order chi connectivity index (χ0) is 14.8. The molecule has 1 N–H and O–H groups in total. The number of nitrogens with zero attached hydrogens (tertiary/aromatic N) is 2. The lowest BCUT2D eigenvalue weighted by Crippen LogP contribution is -2.51. The summed E-state index contributed by atoms with van der Waals surface area (Å²) in [6.45, 7) is 10.1. The molecule has 0 atom stereocenters. The van der Waals surface area contributed by atoms with Crippen molar-refractivity contribution in [2.75, 3.05) is 38.2 Å². The number of rotatable bonds is 2. The van der Waals surface area contributed by atoms with Crippen LogP contribution in [0.3, 0.4) is 0 Å². The average molecular weight is 275 g/mol. The topological polar surface area (TPSA) is 39.6 Å². The standard InChI is InChI=1S/C16H25N3O/c1-16(2,3)15(17)19-11-9-18(10-12-19)13-5-7-14(20-4)8-6-13/h5-8,17H,9-12H2,1-4H3. The molecule has 0 spiro atoms. The molecule has 0 aromatic heterocycles. The van der Waals surface area contributed by atoms with E-state index in [-0.39, 0.29) is 5.41 Å². The van der Waals surface area contributed by atoms with Crippen LogP contribution in [0, 0.1) is 10.8 Å². The molecule has 4 heteroatoms. The first-order valence-electron chi connectivity index (χ1n) is 7.15. The molecule has 1 saturated heterocycles. The van der Waals surface area contributed by atoms with Gasteiger partial charge in [-0.2, -0.15) is 0 Å². The Morgan fingerprint density at radius 3 is 2.05 bits per heavy atom. The Kier molecular flexibility index (Phi) is 4.21. The van der Waals surface area contributed by atoms with E-state index < -0.39 is 0 Å². The molecule has 1 fully saturated rings. The Morgan fingerprint density at radius 2 is 1.60 bits per heavy atom. The van der Waals surface area contributed by atoms with E-state index in [0.29, 0.717) is 0 Å². The molecule has 110 valence electrons. The van der Waals surface area contributed by atoms with Gasteiger partial charge in [0.2, 0.25) is 0 Å². The average Bonchev–Trinajstić information content (AvgIpc) is 2.46. The van der Waals surface area contributed by atoms with Crippen LogP contribution in [0.1, 0.15) is 20.8 Å². The van der Waals surface area contributed by atoms with E-state index in [9.17, 15) is 0 Å². The molecule has 1 aliphatic heterocycles. The van der Waals surface area contributed by atoms with Crippen LogP contribution < -0.4 is 9.64 Å². The van der Waals surface area contributed by atoms with Crippen molar-refractivity contribution >= 4 is 11.5 Å². The number of amidine groups is 1. The Morgan fingerprint density at radius 1 is 1.05 bits per heavy atom. The van der Waals surface area contributed by atoms with E-state index >= 15 is 0 Å². The first-order chi connectivity index (χ1) is 9.41. The van der Waals surface area contributed by atoms with E-state index in [1.807, 2.05) is 12.1 Å². The second kappa shape index (κ2) is 5.73. The number of anilines is 1. The van der Waals surface area contributed by atoms with Gasteiger partial charge in [0, 0.05) is 37.3 Å². The third kappa shape index (κ3) is 3.24. The van der Waals surface area contributed by atoms with Crippen molar-refractivity contribution in [2.45, 2.75) is 20.8 Å². The highest BCUT2D eigenvalue weighted by Crippen LogP contribution is 2.23. The van der Waals surface area contributed by atoms with Gasteiger partial charge in [0.25, 0.3) is 0 Å². The van der Waals surface area contributed by atoms with Crippen molar-refractivity contribution in [3.63, 3.8) is 0 Å². The van der Waals surface area contributed by atoms with E-state index in [1.54, 1.807) is 7.11 Å². The summed E-state index contributed by atoms with van der Waals surface area (Å²) in [5.74, 6) is 1.63. The number of methoxy groups -OCH3 is 1. The van der Waals surface area contributed by atoms with Crippen molar-refractivity contribution in [3.8, 4) is 5.75 Å². The zero-order valence-corrected chi connectivity index (χ0v) is 12.9. The van der Waals surface area contributed by atoms with Crippen LogP contribution in [0.15, 0.2) is 24.3 Å². The third-order valence-corrected chi connectivity index (χ3v) is 3.74. The van der Waals surface area contributed by atoms with Crippen LogP contribution in [0.25, 0.3) is 0 Å². The molecule has 4 nitrogen and oxygen atoms in total. The van der Waals surface area contributed by atoms with Crippen molar-refractivity contribution in [2.24, 2.45) is 5.41 Å². The van der Waals surface area contributed by atoms with Crippen molar-refractivity contribution in [1.82, 2.24) is 4.90 Å². The highest BCUT2D eigenvalue weighted by molar-refractivity contribution is 5.84. The SMILES string of the molecule is COc1ccc(N2CCN(C(=N)C(C)(C)C)CC2)cc1. The number of nitrogens with one attached hydrogen (secondary N) is 1. The normalized spacial score (nSPS) is 16.2. The van der Waals surface area contributed by atoms with Gasteiger partial charge in [0.05, 0.1) is 7.11 Å². The Bertz CT molecular complexity index is 454. The summed E-state index contributed by atoms with van der Waals surface area (Å²) < 4.78 is 5.19. The quantitative estimate of drug-likeness (QED) is 0.666. The van der Waals surface area contributed by atoms with Gasteiger partial charge in [-0.25, -0.2) is 0 Å². The van der Waals surface area contributed by atoms with Gasteiger partial charge >= 0.3 is 0 Å². The summed E-state index contributed by atoms with van der Waals surface area (Å²) in [7, 11) is 1.69. The minimum absolute atomic E-state index is 0.0672. The second-order valence-electron chi connectivity index (χ2n) is 6.27. The lowest BCUT2D eigenvalue weighted by atomic mass is 9.93. The number of benzene rings is 1. The van der Waals surface area contributed by atoms with E-state index in [4.69, 9.17) is 10.1 Å². The molecule has 1 aliphatic rings. The molecule has 0 amide bonds. The Labute approximate surface area is 121 Å². The van der Waals surface area contributed by atoms with Gasteiger partial charge in [0.1, 0.15) is 11.6 Å². The molecular formula is C16H25N3O. The maximum Gasteiger partial charge on any atom is 0.119 e. The van der Waals surface area contributed by atoms with Gasteiger partial charge in [-0.15, -0.1) is 0 Å². The molecule has 2 rings (SSSR count). The van der Waals surface area contributed by atoms with Crippen molar-refractivity contribution < 1.29 is 4.74 Å². The summed E-state index contributed by atoms with van der Waals surface area (Å²) in [5.41, 5.74) is 1.16. The summed E-state index contributed by atoms with van der Waals surface area (Å²) in [6.07, 6.45) is 0. The fourth-order valence-electron chi connectivity index (χ4n) is 2.46. The minimum atomic E-state index is -0.0672. The Hall–Kier alpha value is -1.71. The predicted molar refractivity (Wildman–Crippen MR) is 84.0 cm³/mol. The summed E-state index contributed by atoms with van der Waals surface area (Å²) >= 11 is 0. The Balaban J connectivity index is 1.95. The summed E-state index contributed by atoms with van der Waals surface area (Å²) in [6, 6.07) is 8.20. The monoisotopic (exact) mass is 275 g/mol. The molecule has 20 heavy (non-hydrogen) atoms. The fourth-order valence-corrected chi connectivity index (χ4v) is 2.46. The van der Waals surface area contributed by atoms with Crippen LogP contribution in [-0.2, 0) is 0 Å². The largest absolute Gasteiger partial charge is 0.497 e. The van der Waals surface area contributed by atoms with Gasteiger partial charge in [-0.3, -0.25) is 5.41 Å². The van der Waals surface area contributed by atoms with E-state index in [2.05, 4.69) is 42.7 Å². The third-order valence-electron chi connectivity index (χ3n) is 3.74. The van der Waals surface area contributed by atoms with Crippen LogP contribution in [0.5, 0.6) is 5.75 Å². The van der Waals surface area contributed by atoms with Gasteiger partial charge in [-0.05, 0) is 24.3 Å². The maximum atomic E-state index is 8.25. The van der Waals surface area contributed by atoms with Crippen LogP contribution in [0.2, 0.25) is 0 Å². The van der Waals surface area contributed by atoms with Gasteiger partial charge < -0.3 is 14.5 Å². The van der Waals surface area contributed by atoms with Gasteiger partial charge in [-0.1, -0.05) is 20.8 Å².